The topological polar surface area (TPSA) is 128 Å². The van der Waals surface area contributed by atoms with Gasteiger partial charge in [0, 0.05) is 11.1 Å². The number of carbonyl (C=O) groups is 2. The van der Waals surface area contributed by atoms with Crippen LogP contribution in [0.15, 0.2) is 30.3 Å². The van der Waals surface area contributed by atoms with E-state index in [0.717, 1.165) is 18.4 Å². The molecule has 9 nitrogen and oxygen atoms in total. The summed E-state index contributed by atoms with van der Waals surface area (Å²) in [6.07, 6.45) is 1.70. The van der Waals surface area contributed by atoms with Crippen molar-refractivity contribution in [2.24, 2.45) is 5.92 Å². The van der Waals surface area contributed by atoms with Crippen LogP contribution in [0.4, 0.5) is 4.79 Å². The van der Waals surface area contributed by atoms with Crippen LogP contribution in [0.3, 0.4) is 0 Å². The van der Waals surface area contributed by atoms with Crippen LogP contribution in [0.1, 0.15) is 93.6 Å². The molecule has 0 fully saturated rings. The third-order valence-electron chi connectivity index (χ3n) is 6.46. The second kappa shape index (κ2) is 15.7. The first-order valence-electron chi connectivity index (χ1n) is 14.5. The van der Waals surface area contributed by atoms with Gasteiger partial charge in [0.25, 0.3) is 0 Å². The zero-order valence-corrected chi connectivity index (χ0v) is 26.9. The highest BCUT2D eigenvalue weighted by molar-refractivity contribution is 7.89. The minimum atomic E-state index is -3.68. The number of nitrogens with zero attached hydrogens (tertiary/aromatic N) is 1. The maximum atomic E-state index is 13.4. The minimum Gasteiger partial charge on any atom is -0.389 e. The van der Waals surface area contributed by atoms with Gasteiger partial charge in [-0.15, -0.1) is 0 Å². The van der Waals surface area contributed by atoms with E-state index >= 15 is 0 Å². The summed E-state index contributed by atoms with van der Waals surface area (Å²) >= 11 is 0. The molecule has 230 valence electrons. The molecule has 1 unspecified atom stereocenters. The smallest absolute Gasteiger partial charge is 0.315 e. The maximum Gasteiger partial charge on any atom is 0.315 e. The molecule has 0 spiro atoms. The molecule has 40 heavy (non-hydrogen) atoms. The van der Waals surface area contributed by atoms with Gasteiger partial charge in [-0.05, 0) is 78.7 Å². The Kier molecular flexibility index (Phi) is 14.1. The first-order chi connectivity index (χ1) is 18.4. The molecule has 0 heterocycles. The Morgan fingerprint density at radius 1 is 0.950 bits per heavy atom. The number of aliphatic hydroxyl groups is 1. The van der Waals surface area contributed by atoms with Crippen LogP contribution in [0.2, 0.25) is 0 Å². The van der Waals surface area contributed by atoms with Crippen molar-refractivity contribution in [1.29, 1.82) is 0 Å². The highest BCUT2D eigenvalue weighted by atomic mass is 32.2. The van der Waals surface area contributed by atoms with E-state index in [0.29, 0.717) is 25.2 Å². The number of urea groups is 1. The predicted molar refractivity (Wildman–Crippen MR) is 163 cm³/mol. The lowest BCUT2D eigenvalue weighted by molar-refractivity contribution is -0.123. The van der Waals surface area contributed by atoms with Gasteiger partial charge in [-0.3, -0.25) is 4.79 Å². The van der Waals surface area contributed by atoms with Gasteiger partial charge in [0.15, 0.2) is 0 Å². The number of amides is 3. The molecule has 0 saturated heterocycles. The van der Waals surface area contributed by atoms with E-state index in [1.807, 2.05) is 58.0 Å². The summed E-state index contributed by atoms with van der Waals surface area (Å²) in [4.78, 5) is 26.2. The molecule has 0 radical (unpaired) electrons. The summed E-state index contributed by atoms with van der Waals surface area (Å²) in [6, 6.07) is 7.68. The first kappa shape index (κ1) is 35.9. The van der Waals surface area contributed by atoms with Crippen molar-refractivity contribution in [2.75, 3.05) is 12.3 Å². The summed E-state index contributed by atoms with van der Waals surface area (Å²) in [6.45, 7) is 16.6. The molecule has 3 atom stereocenters. The summed E-state index contributed by atoms with van der Waals surface area (Å²) in [5.74, 6) is -0.191. The fourth-order valence-corrected chi connectivity index (χ4v) is 6.39. The third-order valence-corrected chi connectivity index (χ3v) is 8.61. The number of nitrogens with one attached hydrogen (secondary N) is 3. The fraction of sp³-hybridized carbons (Fsp3) is 0.733. The number of rotatable bonds is 15. The lowest BCUT2D eigenvalue weighted by Gasteiger charge is -2.36. The number of unbranched alkanes of at least 4 members (excludes halogenated alkanes) is 1. The molecule has 0 bridgehead atoms. The molecule has 0 saturated carbocycles. The summed E-state index contributed by atoms with van der Waals surface area (Å²) in [5, 5.41) is 20.3. The summed E-state index contributed by atoms with van der Waals surface area (Å²) in [7, 11) is -3.68. The monoisotopic (exact) mass is 582 g/mol. The molecule has 4 N–H and O–H groups in total. The quantitative estimate of drug-likeness (QED) is 0.246. The minimum absolute atomic E-state index is 0.0335. The van der Waals surface area contributed by atoms with E-state index in [2.05, 4.69) is 29.8 Å². The van der Waals surface area contributed by atoms with Gasteiger partial charge in [-0.1, -0.05) is 57.5 Å². The van der Waals surface area contributed by atoms with Crippen LogP contribution < -0.4 is 16.0 Å². The molecule has 0 aliphatic rings. The lowest BCUT2D eigenvalue weighted by atomic mass is 9.92. The van der Waals surface area contributed by atoms with Gasteiger partial charge in [-0.2, -0.15) is 4.31 Å². The van der Waals surface area contributed by atoms with E-state index in [-0.39, 0.29) is 12.3 Å². The Morgan fingerprint density at radius 3 is 2.05 bits per heavy atom. The maximum absolute atomic E-state index is 13.4. The largest absolute Gasteiger partial charge is 0.389 e. The average molecular weight is 583 g/mol. The number of carbonyl (C=O) groups excluding carboxylic acids is 2. The van der Waals surface area contributed by atoms with Gasteiger partial charge in [0.1, 0.15) is 0 Å². The van der Waals surface area contributed by atoms with E-state index in [4.69, 9.17) is 0 Å². The van der Waals surface area contributed by atoms with Crippen LogP contribution in [-0.2, 0) is 21.2 Å². The van der Waals surface area contributed by atoms with Crippen molar-refractivity contribution in [2.45, 2.75) is 124 Å². The molecule has 1 aromatic carbocycles. The molecule has 0 aromatic heterocycles. The molecule has 1 rings (SSSR count). The molecule has 0 aliphatic heterocycles. The van der Waals surface area contributed by atoms with Crippen molar-refractivity contribution in [3.8, 4) is 0 Å². The molecule has 10 heteroatoms. The standard InChI is InChI=1S/C30H54N4O5S/c1-10-11-19-40(38,39)34(30(7,8)9)21-26(35)31-25(20-23-15-13-12-14-16-23)27(36)24(18-17-22(2)3)32-28(37)33-29(4,5)6/h12-16,22,24-25,27,36H,10-11,17-21H2,1-9H3,(H,31,35)(H2,32,33,37)/t24?,25-,27-/m0/s1. The normalized spacial score (nSPS) is 15.0. The number of hydrogen-bond acceptors (Lipinski definition) is 5. The van der Waals surface area contributed by atoms with Crippen molar-refractivity contribution in [3.05, 3.63) is 35.9 Å². The van der Waals surface area contributed by atoms with Gasteiger partial charge in [-0.25, -0.2) is 13.2 Å². The van der Waals surface area contributed by atoms with Crippen LogP contribution in [-0.4, -0.2) is 71.3 Å². The second-order valence-corrected chi connectivity index (χ2v) is 15.1. The Morgan fingerprint density at radius 2 is 1.55 bits per heavy atom. The van der Waals surface area contributed by atoms with E-state index in [9.17, 15) is 23.1 Å². The number of aliphatic hydroxyl groups excluding tert-OH is 1. The summed E-state index contributed by atoms with van der Waals surface area (Å²) < 4.78 is 27.5. The Balaban J connectivity index is 3.29. The van der Waals surface area contributed by atoms with Crippen molar-refractivity contribution >= 4 is 22.0 Å². The summed E-state index contributed by atoms with van der Waals surface area (Å²) in [5.41, 5.74) is -0.365. The number of benzene rings is 1. The zero-order chi connectivity index (χ0) is 30.7. The number of hydrogen-bond donors (Lipinski definition) is 4. The van der Waals surface area contributed by atoms with Crippen molar-refractivity contribution < 1.29 is 23.1 Å². The van der Waals surface area contributed by atoms with Gasteiger partial charge in [0.05, 0.1) is 30.5 Å². The van der Waals surface area contributed by atoms with Crippen molar-refractivity contribution in [3.63, 3.8) is 0 Å². The van der Waals surface area contributed by atoms with E-state index in [1.165, 1.54) is 4.31 Å². The fourth-order valence-electron chi connectivity index (χ4n) is 4.36. The highest BCUT2D eigenvalue weighted by Crippen LogP contribution is 2.20. The van der Waals surface area contributed by atoms with Crippen LogP contribution in [0, 0.1) is 5.92 Å². The van der Waals surface area contributed by atoms with Gasteiger partial charge < -0.3 is 21.1 Å². The van der Waals surface area contributed by atoms with E-state index < -0.39 is 51.2 Å². The second-order valence-electron chi connectivity index (χ2n) is 13.1. The van der Waals surface area contributed by atoms with Gasteiger partial charge in [0.2, 0.25) is 15.9 Å². The van der Waals surface area contributed by atoms with E-state index in [1.54, 1.807) is 20.8 Å². The SMILES string of the molecule is CCCCS(=O)(=O)N(CC(=O)N[C@@H](Cc1ccccc1)[C@@H](O)C(CCC(C)C)NC(=O)NC(C)(C)C)C(C)(C)C. The Labute approximate surface area is 242 Å². The van der Waals surface area contributed by atoms with Crippen LogP contribution in [0.5, 0.6) is 0 Å². The molecular weight excluding hydrogens is 528 g/mol. The molecule has 3 amide bonds. The Hall–Kier alpha value is -2.17. The zero-order valence-electron chi connectivity index (χ0n) is 26.1. The van der Waals surface area contributed by atoms with Crippen LogP contribution >= 0.6 is 0 Å². The predicted octanol–water partition coefficient (Wildman–Crippen LogP) is 4.21. The highest BCUT2D eigenvalue weighted by Gasteiger charge is 2.36. The molecule has 0 aliphatic carbocycles. The van der Waals surface area contributed by atoms with Crippen molar-refractivity contribution in [1.82, 2.24) is 20.3 Å². The van der Waals surface area contributed by atoms with Crippen LogP contribution in [0.25, 0.3) is 0 Å². The number of sulfonamides is 1. The first-order valence-corrected chi connectivity index (χ1v) is 16.1. The third kappa shape index (κ3) is 13.5. The molecular formula is C30H54N4O5S. The Bertz CT molecular complexity index is 1020. The molecule has 1 aromatic rings. The lowest BCUT2D eigenvalue weighted by Crippen LogP contribution is -2.59. The average Bonchev–Trinajstić information content (AvgIpc) is 2.81. The van der Waals surface area contributed by atoms with Gasteiger partial charge >= 0.3 is 6.03 Å².